The minimum atomic E-state index is -1.24. The molecule has 0 unspecified atom stereocenters. The highest BCUT2D eigenvalue weighted by atomic mass is 35.5. The van der Waals surface area contributed by atoms with Gasteiger partial charge in [-0.1, -0.05) is 29.8 Å². The smallest absolute Gasteiger partial charge is 0.353 e. The first-order valence-electron chi connectivity index (χ1n) is 7.14. The molecule has 9 heteroatoms. The molecule has 24 heavy (non-hydrogen) atoms. The summed E-state index contributed by atoms with van der Waals surface area (Å²) in [6, 6.07) is 8.47. The Labute approximate surface area is 147 Å². The topological polar surface area (TPSA) is 98.7 Å². The highest BCUT2D eigenvalue weighted by molar-refractivity contribution is 8.00. The highest BCUT2D eigenvalue weighted by Crippen LogP contribution is 2.41. The van der Waals surface area contributed by atoms with E-state index in [1.807, 2.05) is 30.3 Å². The Bertz CT molecular complexity index is 725. The lowest BCUT2D eigenvalue weighted by Crippen LogP contribution is -2.70. The fourth-order valence-electron chi connectivity index (χ4n) is 2.54. The molecule has 0 saturated carbocycles. The molecule has 0 aromatic heterocycles. The van der Waals surface area contributed by atoms with Gasteiger partial charge in [-0.15, -0.1) is 11.8 Å². The van der Waals surface area contributed by atoms with E-state index in [4.69, 9.17) is 11.6 Å². The van der Waals surface area contributed by atoms with E-state index in [1.165, 1.54) is 11.8 Å². The van der Waals surface area contributed by atoms with Crippen molar-refractivity contribution in [2.24, 2.45) is 0 Å². The van der Waals surface area contributed by atoms with Gasteiger partial charge in [-0.25, -0.2) is 4.79 Å². The van der Waals surface area contributed by atoms with Crippen LogP contribution in [0.15, 0.2) is 41.1 Å². The first kappa shape index (κ1) is 16.7. The van der Waals surface area contributed by atoms with E-state index < -0.39 is 23.3 Å². The minimum Gasteiger partial charge on any atom is -0.477 e. The number of halogens is 1. The van der Waals surface area contributed by atoms with E-state index >= 15 is 0 Å². The van der Waals surface area contributed by atoms with Gasteiger partial charge in [0.1, 0.15) is 17.1 Å². The van der Waals surface area contributed by atoms with Gasteiger partial charge in [0.05, 0.1) is 11.6 Å². The third-order valence-corrected chi connectivity index (χ3v) is 5.42. The molecule has 2 heterocycles. The Balaban J connectivity index is 1.59. The van der Waals surface area contributed by atoms with Crippen LogP contribution in [0.5, 0.6) is 0 Å². The molecule has 0 bridgehead atoms. The van der Waals surface area contributed by atoms with Crippen molar-refractivity contribution in [2.45, 2.75) is 11.4 Å². The summed E-state index contributed by atoms with van der Waals surface area (Å²) in [5.41, 5.74) is 0.599. The number of nitrogens with one attached hydrogen (secondary N) is 2. The SMILES string of the molecule is O=C(CNc1ccccc1)N[C@@H]1C(=O)N2C(C(=O)O)=C(Cl)CS[C@H]12. The summed E-state index contributed by atoms with van der Waals surface area (Å²) in [5, 5.41) is 14.5. The second kappa shape index (κ2) is 6.74. The van der Waals surface area contributed by atoms with E-state index in [9.17, 15) is 19.5 Å². The van der Waals surface area contributed by atoms with Gasteiger partial charge in [0, 0.05) is 11.4 Å². The number of carboxylic acid groups (broad SMARTS) is 1. The number of rotatable bonds is 5. The summed E-state index contributed by atoms with van der Waals surface area (Å²) in [6.45, 7) is 0.0214. The zero-order chi connectivity index (χ0) is 17.3. The minimum absolute atomic E-state index is 0.0214. The molecule has 0 aliphatic carbocycles. The first-order chi connectivity index (χ1) is 11.5. The number of para-hydroxylation sites is 1. The van der Waals surface area contributed by atoms with Gasteiger partial charge in [0.25, 0.3) is 5.91 Å². The summed E-state index contributed by atoms with van der Waals surface area (Å²) in [7, 11) is 0. The van der Waals surface area contributed by atoms with Crippen molar-refractivity contribution in [3.63, 3.8) is 0 Å². The average Bonchev–Trinajstić information content (AvgIpc) is 2.58. The number of hydrogen-bond donors (Lipinski definition) is 3. The van der Waals surface area contributed by atoms with Crippen LogP contribution in [0.4, 0.5) is 5.69 Å². The van der Waals surface area contributed by atoms with Crippen molar-refractivity contribution < 1.29 is 19.5 Å². The summed E-state index contributed by atoms with van der Waals surface area (Å²) < 4.78 is 0. The van der Waals surface area contributed by atoms with Crippen LogP contribution in [0.2, 0.25) is 0 Å². The molecule has 2 aliphatic heterocycles. The molecule has 126 valence electrons. The van der Waals surface area contributed by atoms with Gasteiger partial charge in [0.15, 0.2) is 0 Å². The number of carbonyl (C=O) groups excluding carboxylic acids is 2. The van der Waals surface area contributed by atoms with Crippen molar-refractivity contribution in [3.8, 4) is 0 Å². The number of carboxylic acids is 1. The fourth-order valence-corrected chi connectivity index (χ4v) is 4.09. The zero-order valence-corrected chi connectivity index (χ0v) is 13.9. The highest BCUT2D eigenvalue weighted by Gasteiger charge is 2.54. The summed E-state index contributed by atoms with van der Waals surface area (Å²) in [5.74, 6) is -1.74. The Kier molecular flexibility index (Phi) is 4.68. The van der Waals surface area contributed by atoms with Crippen LogP contribution in [0, 0.1) is 0 Å². The van der Waals surface area contributed by atoms with Gasteiger partial charge in [-0.05, 0) is 12.1 Å². The molecular formula is C15H14ClN3O4S. The van der Waals surface area contributed by atoms with Gasteiger partial charge < -0.3 is 15.7 Å². The maximum Gasteiger partial charge on any atom is 0.353 e. The molecule has 3 rings (SSSR count). The molecule has 1 fully saturated rings. The normalized spacial score (nSPS) is 22.5. The quantitative estimate of drug-likeness (QED) is 0.672. The second-order valence-electron chi connectivity index (χ2n) is 5.23. The Hall–Kier alpha value is -2.19. The van der Waals surface area contributed by atoms with E-state index in [-0.39, 0.29) is 23.2 Å². The van der Waals surface area contributed by atoms with Crippen molar-refractivity contribution in [3.05, 3.63) is 41.1 Å². The van der Waals surface area contributed by atoms with Crippen LogP contribution < -0.4 is 10.6 Å². The number of thioether (sulfide) groups is 1. The van der Waals surface area contributed by atoms with Crippen LogP contribution >= 0.6 is 23.4 Å². The second-order valence-corrected chi connectivity index (χ2v) is 6.79. The summed E-state index contributed by atoms with van der Waals surface area (Å²) in [6.07, 6.45) is 0. The average molecular weight is 368 g/mol. The van der Waals surface area contributed by atoms with Crippen molar-refractivity contribution in [2.75, 3.05) is 17.6 Å². The van der Waals surface area contributed by atoms with E-state index in [0.29, 0.717) is 5.75 Å². The molecule has 0 spiro atoms. The zero-order valence-electron chi connectivity index (χ0n) is 12.4. The molecule has 2 amide bonds. The summed E-state index contributed by atoms with van der Waals surface area (Å²) >= 11 is 7.22. The predicted molar refractivity (Wildman–Crippen MR) is 90.5 cm³/mol. The monoisotopic (exact) mass is 367 g/mol. The predicted octanol–water partition coefficient (Wildman–Crippen LogP) is 1.03. The third-order valence-electron chi connectivity index (χ3n) is 3.67. The molecule has 1 aromatic rings. The number of benzene rings is 1. The molecule has 3 N–H and O–H groups in total. The Morgan fingerprint density at radius 2 is 2.04 bits per heavy atom. The number of carbonyl (C=O) groups is 3. The van der Waals surface area contributed by atoms with E-state index in [0.717, 1.165) is 10.6 Å². The number of hydrogen-bond acceptors (Lipinski definition) is 5. The Morgan fingerprint density at radius 3 is 2.71 bits per heavy atom. The standard InChI is InChI=1S/C15H14ClN3O4S/c16-9-7-24-14-11(13(21)19(14)12(9)15(22)23)18-10(20)6-17-8-4-2-1-3-5-8/h1-5,11,14,17H,6-7H2,(H,18,20)(H,22,23)/t11-,14-/m1/s1. The molecule has 2 atom stereocenters. The molecular weight excluding hydrogens is 354 g/mol. The van der Waals surface area contributed by atoms with Crippen LogP contribution in [-0.2, 0) is 14.4 Å². The van der Waals surface area contributed by atoms with E-state index in [1.54, 1.807) is 0 Å². The third kappa shape index (κ3) is 3.07. The molecule has 1 aromatic carbocycles. The number of anilines is 1. The first-order valence-corrected chi connectivity index (χ1v) is 8.56. The van der Waals surface area contributed by atoms with Crippen molar-refractivity contribution in [1.82, 2.24) is 10.2 Å². The van der Waals surface area contributed by atoms with E-state index in [2.05, 4.69) is 10.6 Å². The van der Waals surface area contributed by atoms with Crippen LogP contribution in [0.1, 0.15) is 0 Å². The Morgan fingerprint density at radius 1 is 1.33 bits per heavy atom. The van der Waals surface area contributed by atoms with Crippen molar-refractivity contribution >= 4 is 46.8 Å². The summed E-state index contributed by atoms with van der Waals surface area (Å²) in [4.78, 5) is 36.6. The molecule has 0 radical (unpaired) electrons. The van der Waals surface area contributed by atoms with Crippen molar-refractivity contribution in [1.29, 1.82) is 0 Å². The van der Waals surface area contributed by atoms with Crippen LogP contribution in [0.25, 0.3) is 0 Å². The van der Waals surface area contributed by atoms with Gasteiger partial charge in [-0.3, -0.25) is 14.5 Å². The molecule has 7 nitrogen and oxygen atoms in total. The maximum absolute atomic E-state index is 12.2. The van der Waals surface area contributed by atoms with Gasteiger partial charge in [-0.2, -0.15) is 0 Å². The van der Waals surface area contributed by atoms with Gasteiger partial charge >= 0.3 is 5.97 Å². The number of amides is 2. The van der Waals surface area contributed by atoms with Crippen LogP contribution in [-0.4, -0.2) is 51.5 Å². The maximum atomic E-state index is 12.2. The molecule has 2 aliphatic rings. The molecule has 1 saturated heterocycles. The number of nitrogens with zero attached hydrogens (tertiary/aromatic N) is 1. The number of aliphatic carboxylic acids is 1. The lowest BCUT2D eigenvalue weighted by molar-refractivity contribution is -0.150. The fraction of sp³-hybridized carbons (Fsp3) is 0.267. The lowest BCUT2D eigenvalue weighted by atomic mass is 10.1. The van der Waals surface area contributed by atoms with Crippen LogP contribution in [0.3, 0.4) is 0 Å². The largest absolute Gasteiger partial charge is 0.477 e. The van der Waals surface area contributed by atoms with Gasteiger partial charge in [0.2, 0.25) is 5.91 Å². The lowest BCUT2D eigenvalue weighted by Gasteiger charge is -2.48. The number of fused-ring (bicyclic) bond motifs is 1. The number of β-lactam (4-membered cyclic amide) rings is 1.